The fraction of sp³-hybridized carbons (Fsp3) is 0. The number of para-hydroxylation sites is 3. The predicted molar refractivity (Wildman–Crippen MR) is 165 cm³/mol. The number of fused-ring (bicyclic) bond motifs is 4. The smallest absolute Gasteiger partial charge is 0.146 e. The molecule has 8 rings (SSSR count). The van der Waals surface area contributed by atoms with Crippen molar-refractivity contribution < 1.29 is 4.42 Å². The second kappa shape index (κ2) is 9.11. The molecule has 0 aliphatic heterocycles. The SMILES string of the molecule is c1ccc(-c2cc(-c3ccccc3)c3oc4cccc(-c5nc6ccccc6n5-c5ccccc5)c4c3c2)cc1. The van der Waals surface area contributed by atoms with Gasteiger partial charge in [0.05, 0.1) is 11.0 Å². The van der Waals surface area contributed by atoms with Crippen molar-refractivity contribution in [1.82, 2.24) is 9.55 Å². The van der Waals surface area contributed by atoms with Gasteiger partial charge in [0, 0.05) is 27.6 Å². The van der Waals surface area contributed by atoms with E-state index in [2.05, 4.69) is 132 Å². The van der Waals surface area contributed by atoms with E-state index in [1.54, 1.807) is 0 Å². The van der Waals surface area contributed by atoms with Gasteiger partial charge in [0.15, 0.2) is 0 Å². The third-order valence-electron chi connectivity index (χ3n) is 7.60. The summed E-state index contributed by atoms with van der Waals surface area (Å²) >= 11 is 0. The summed E-state index contributed by atoms with van der Waals surface area (Å²) in [6.45, 7) is 0. The Bertz CT molecular complexity index is 2140. The molecule has 8 aromatic rings. The number of hydrogen-bond donors (Lipinski definition) is 0. The van der Waals surface area contributed by atoms with E-state index >= 15 is 0 Å². The molecule has 0 atom stereocenters. The predicted octanol–water partition coefficient (Wildman–Crippen LogP) is 9.93. The molecule has 0 saturated carbocycles. The lowest BCUT2D eigenvalue weighted by molar-refractivity contribution is 0.670. The highest BCUT2D eigenvalue weighted by Crippen LogP contribution is 2.43. The lowest BCUT2D eigenvalue weighted by Crippen LogP contribution is -1.97. The quantitative estimate of drug-likeness (QED) is 0.235. The first kappa shape index (κ1) is 22.6. The van der Waals surface area contributed by atoms with Gasteiger partial charge in [0.2, 0.25) is 0 Å². The molecule has 0 amide bonds. The normalized spacial score (nSPS) is 11.5. The standard InChI is InChI=1S/C37H24N2O/c1-4-13-25(14-5-1)27-23-30(26-15-6-2-7-16-26)36-31(24-27)35-29(19-12-22-34(35)40-36)37-38-32-20-10-11-21-33(32)39(37)28-17-8-3-9-18-28/h1-24H. The summed E-state index contributed by atoms with van der Waals surface area (Å²) in [6.07, 6.45) is 0. The van der Waals surface area contributed by atoms with Gasteiger partial charge in [-0.05, 0) is 59.2 Å². The maximum Gasteiger partial charge on any atom is 0.146 e. The van der Waals surface area contributed by atoms with Gasteiger partial charge < -0.3 is 4.42 Å². The van der Waals surface area contributed by atoms with E-state index in [4.69, 9.17) is 9.40 Å². The number of imidazole rings is 1. The Hall–Kier alpha value is -5.41. The van der Waals surface area contributed by atoms with Crippen molar-refractivity contribution in [2.75, 3.05) is 0 Å². The van der Waals surface area contributed by atoms with Crippen molar-refractivity contribution in [3.05, 3.63) is 146 Å². The fourth-order valence-corrected chi connectivity index (χ4v) is 5.79. The van der Waals surface area contributed by atoms with E-state index in [1.807, 2.05) is 18.2 Å². The maximum absolute atomic E-state index is 6.67. The van der Waals surface area contributed by atoms with Crippen LogP contribution in [0.2, 0.25) is 0 Å². The minimum Gasteiger partial charge on any atom is -0.455 e. The summed E-state index contributed by atoms with van der Waals surface area (Å²) in [5, 5.41) is 2.15. The zero-order chi connectivity index (χ0) is 26.5. The highest BCUT2D eigenvalue weighted by Gasteiger charge is 2.21. The molecule has 0 radical (unpaired) electrons. The van der Waals surface area contributed by atoms with Crippen LogP contribution < -0.4 is 0 Å². The van der Waals surface area contributed by atoms with Gasteiger partial charge >= 0.3 is 0 Å². The molecule has 2 aromatic heterocycles. The molecule has 0 aliphatic carbocycles. The molecule has 0 saturated heterocycles. The number of furan rings is 1. The van der Waals surface area contributed by atoms with Crippen LogP contribution in [-0.4, -0.2) is 9.55 Å². The van der Waals surface area contributed by atoms with Gasteiger partial charge in [-0.1, -0.05) is 103 Å². The van der Waals surface area contributed by atoms with E-state index in [9.17, 15) is 0 Å². The highest BCUT2D eigenvalue weighted by molar-refractivity contribution is 6.16. The van der Waals surface area contributed by atoms with Crippen molar-refractivity contribution in [2.24, 2.45) is 0 Å². The summed E-state index contributed by atoms with van der Waals surface area (Å²) < 4.78 is 8.93. The first-order valence-corrected chi connectivity index (χ1v) is 13.5. The average molecular weight is 513 g/mol. The minimum atomic E-state index is 0.849. The van der Waals surface area contributed by atoms with Gasteiger partial charge in [0.1, 0.15) is 17.0 Å². The van der Waals surface area contributed by atoms with Crippen LogP contribution in [0.1, 0.15) is 0 Å². The molecule has 6 aromatic carbocycles. The monoisotopic (exact) mass is 512 g/mol. The third kappa shape index (κ3) is 3.56. The van der Waals surface area contributed by atoms with Crippen LogP contribution in [-0.2, 0) is 0 Å². The Morgan fingerprint density at radius 3 is 1.98 bits per heavy atom. The Kier molecular flexibility index (Phi) is 5.14. The van der Waals surface area contributed by atoms with Crippen LogP contribution in [0.15, 0.2) is 150 Å². The van der Waals surface area contributed by atoms with Crippen molar-refractivity contribution in [3.8, 4) is 39.3 Å². The first-order valence-electron chi connectivity index (χ1n) is 13.5. The van der Waals surface area contributed by atoms with E-state index < -0.39 is 0 Å². The van der Waals surface area contributed by atoms with Crippen LogP contribution in [0, 0.1) is 0 Å². The topological polar surface area (TPSA) is 31.0 Å². The molecule has 0 spiro atoms. The van der Waals surface area contributed by atoms with Crippen LogP contribution in [0.5, 0.6) is 0 Å². The molecular weight excluding hydrogens is 488 g/mol. The second-order valence-corrected chi connectivity index (χ2v) is 10.0. The van der Waals surface area contributed by atoms with E-state index in [1.165, 1.54) is 5.56 Å². The van der Waals surface area contributed by atoms with E-state index in [0.717, 1.165) is 66.7 Å². The summed E-state index contributed by atoms with van der Waals surface area (Å²) in [4.78, 5) is 5.18. The Morgan fingerprint density at radius 2 is 1.20 bits per heavy atom. The van der Waals surface area contributed by atoms with Gasteiger partial charge in [-0.2, -0.15) is 0 Å². The van der Waals surface area contributed by atoms with Crippen LogP contribution in [0.4, 0.5) is 0 Å². The molecule has 2 heterocycles. The van der Waals surface area contributed by atoms with Gasteiger partial charge in [0.25, 0.3) is 0 Å². The summed E-state index contributed by atoms with van der Waals surface area (Å²) in [5.41, 5.74) is 10.4. The van der Waals surface area contributed by atoms with Crippen molar-refractivity contribution in [1.29, 1.82) is 0 Å². The Balaban J connectivity index is 1.49. The first-order chi connectivity index (χ1) is 19.8. The van der Waals surface area contributed by atoms with Crippen LogP contribution in [0.3, 0.4) is 0 Å². The zero-order valence-electron chi connectivity index (χ0n) is 21.7. The molecule has 188 valence electrons. The van der Waals surface area contributed by atoms with Gasteiger partial charge in [-0.25, -0.2) is 4.98 Å². The molecule has 0 bridgehead atoms. The van der Waals surface area contributed by atoms with Gasteiger partial charge in [-0.3, -0.25) is 4.57 Å². The summed E-state index contributed by atoms with van der Waals surface area (Å²) in [7, 11) is 0. The van der Waals surface area contributed by atoms with Crippen molar-refractivity contribution in [2.45, 2.75) is 0 Å². The van der Waals surface area contributed by atoms with Crippen molar-refractivity contribution in [3.63, 3.8) is 0 Å². The lowest BCUT2D eigenvalue weighted by Gasteiger charge is -2.11. The van der Waals surface area contributed by atoms with Crippen LogP contribution >= 0.6 is 0 Å². The second-order valence-electron chi connectivity index (χ2n) is 10.0. The number of nitrogens with zero attached hydrogens (tertiary/aromatic N) is 2. The van der Waals surface area contributed by atoms with E-state index in [-0.39, 0.29) is 0 Å². The molecule has 40 heavy (non-hydrogen) atoms. The fourth-order valence-electron chi connectivity index (χ4n) is 5.79. The lowest BCUT2D eigenvalue weighted by atomic mass is 9.95. The number of aromatic nitrogens is 2. The van der Waals surface area contributed by atoms with Crippen LogP contribution in [0.25, 0.3) is 72.3 Å². The molecular formula is C37H24N2O. The van der Waals surface area contributed by atoms with E-state index in [0.29, 0.717) is 0 Å². The molecule has 0 fully saturated rings. The Morgan fingerprint density at radius 1 is 0.525 bits per heavy atom. The number of hydrogen-bond acceptors (Lipinski definition) is 2. The average Bonchev–Trinajstić information content (AvgIpc) is 3.61. The molecule has 3 nitrogen and oxygen atoms in total. The molecule has 0 N–H and O–H groups in total. The molecule has 0 aliphatic rings. The summed E-state index contributed by atoms with van der Waals surface area (Å²) in [5.74, 6) is 0.895. The minimum absolute atomic E-state index is 0.849. The molecule has 0 unspecified atom stereocenters. The maximum atomic E-state index is 6.67. The third-order valence-corrected chi connectivity index (χ3v) is 7.60. The highest BCUT2D eigenvalue weighted by atomic mass is 16.3. The van der Waals surface area contributed by atoms with Crippen molar-refractivity contribution >= 4 is 33.0 Å². The zero-order valence-corrected chi connectivity index (χ0v) is 21.7. The summed E-state index contributed by atoms with van der Waals surface area (Å²) in [6, 6.07) is 50.6. The Labute approximate surface area is 231 Å². The number of rotatable bonds is 4. The largest absolute Gasteiger partial charge is 0.455 e. The van der Waals surface area contributed by atoms with Gasteiger partial charge in [-0.15, -0.1) is 0 Å². The number of benzene rings is 6. The molecule has 3 heteroatoms.